The average molecular weight is 394 g/mol. The molecule has 0 spiro atoms. The van der Waals surface area contributed by atoms with E-state index in [1.165, 1.54) is 24.4 Å². The molecule has 1 aromatic heterocycles. The van der Waals surface area contributed by atoms with Crippen molar-refractivity contribution in [3.05, 3.63) is 47.9 Å². The number of aliphatic hydroxyl groups excluding tert-OH is 1. The molecule has 1 heterocycles. The highest BCUT2D eigenvalue weighted by Crippen LogP contribution is 2.24. The number of aliphatic hydroxyl groups is 1. The number of amides is 1. The third-order valence-corrected chi connectivity index (χ3v) is 3.81. The van der Waals surface area contributed by atoms with Crippen LogP contribution in [-0.2, 0) is 4.79 Å². The zero-order valence-electron chi connectivity index (χ0n) is 14.6. The number of carbonyl (C=O) groups is 1. The molecule has 144 valence electrons. The maximum atomic E-state index is 13.8. The lowest BCUT2D eigenvalue weighted by Gasteiger charge is -2.11. The molecule has 1 aromatic carbocycles. The fourth-order valence-electron chi connectivity index (χ4n) is 2.18. The van der Waals surface area contributed by atoms with Gasteiger partial charge in [0, 0.05) is 18.8 Å². The number of benzene rings is 1. The monoisotopic (exact) mass is 393 g/mol. The van der Waals surface area contributed by atoms with Crippen molar-refractivity contribution in [1.29, 1.82) is 0 Å². The number of anilines is 4. The summed E-state index contributed by atoms with van der Waals surface area (Å²) < 4.78 is 13.8. The lowest BCUT2D eigenvalue weighted by molar-refractivity contribution is -0.111. The Labute approximate surface area is 161 Å². The van der Waals surface area contributed by atoms with Crippen LogP contribution in [0.1, 0.15) is 19.3 Å². The highest BCUT2D eigenvalue weighted by atomic mass is 35.5. The van der Waals surface area contributed by atoms with E-state index in [1.54, 1.807) is 0 Å². The number of halogens is 2. The molecule has 2 aromatic rings. The molecule has 4 N–H and O–H groups in total. The van der Waals surface area contributed by atoms with Gasteiger partial charge >= 0.3 is 0 Å². The minimum absolute atomic E-state index is 0.0149. The minimum Gasteiger partial charge on any atom is -0.396 e. The molecule has 0 saturated carbocycles. The van der Waals surface area contributed by atoms with Crippen molar-refractivity contribution in [2.24, 2.45) is 0 Å². The van der Waals surface area contributed by atoms with Gasteiger partial charge in [0.2, 0.25) is 11.9 Å². The molecule has 1 amide bonds. The summed E-state index contributed by atoms with van der Waals surface area (Å²) >= 11 is 6.10. The van der Waals surface area contributed by atoms with Gasteiger partial charge in [-0.25, -0.2) is 9.37 Å². The highest BCUT2D eigenvalue weighted by molar-refractivity contribution is 6.32. The molecule has 0 fully saturated rings. The predicted molar refractivity (Wildman–Crippen MR) is 105 cm³/mol. The molecule has 0 saturated heterocycles. The van der Waals surface area contributed by atoms with Crippen LogP contribution in [0, 0.1) is 5.82 Å². The topological polar surface area (TPSA) is 99.2 Å². The molecular weight excluding hydrogens is 373 g/mol. The number of carbonyl (C=O) groups excluding carboxylic acids is 1. The van der Waals surface area contributed by atoms with Gasteiger partial charge in [0.25, 0.3) is 0 Å². The second-order valence-electron chi connectivity index (χ2n) is 5.61. The number of unbranched alkanes of at least 4 members (excludes halogenated alkanes) is 2. The molecule has 0 bridgehead atoms. The maximum Gasteiger partial charge on any atom is 0.247 e. The molecule has 0 radical (unpaired) electrons. The minimum atomic E-state index is -0.571. The van der Waals surface area contributed by atoms with Gasteiger partial charge in [-0.2, -0.15) is 4.98 Å². The molecule has 0 atom stereocenters. The van der Waals surface area contributed by atoms with Crippen molar-refractivity contribution < 1.29 is 14.3 Å². The molecule has 0 aliphatic carbocycles. The summed E-state index contributed by atoms with van der Waals surface area (Å²) in [6.07, 6.45) is 5.03. The zero-order valence-corrected chi connectivity index (χ0v) is 15.4. The van der Waals surface area contributed by atoms with Crippen molar-refractivity contribution in [3.8, 4) is 0 Å². The van der Waals surface area contributed by atoms with E-state index in [-0.39, 0.29) is 18.2 Å². The van der Waals surface area contributed by atoms with Gasteiger partial charge in [-0.3, -0.25) is 4.79 Å². The van der Waals surface area contributed by atoms with Gasteiger partial charge in [0.15, 0.2) is 0 Å². The van der Waals surface area contributed by atoms with E-state index in [0.29, 0.717) is 23.1 Å². The molecule has 0 aliphatic heterocycles. The van der Waals surface area contributed by atoms with Gasteiger partial charge in [-0.15, -0.1) is 0 Å². The SMILES string of the molecule is C=CC(=O)Nc1cc(Nc2ncc(Cl)c(NCCCCCO)n2)ccc1F. The van der Waals surface area contributed by atoms with E-state index in [1.807, 2.05) is 0 Å². The number of hydrogen-bond acceptors (Lipinski definition) is 6. The fourth-order valence-corrected chi connectivity index (χ4v) is 2.34. The maximum absolute atomic E-state index is 13.8. The Bertz CT molecular complexity index is 803. The standard InChI is InChI=1S/C18H21ClFN5O2/c1-2-16(27)24-15-10-12(6-7-14(15)20)23-18-22-11-13(19)17(25-18)21-8-4-3-5-9-26/h2,6-7,10-11,26H,1,3-5,8-9H2,(H,24,27)(H2,21,22,23,25). The van der Waals surface area contributed by atoms with Gasteiger partial charge < -0.3 is 21.1 Å². The number of nitrogens with zero attached hydrogens (tertiary/aromatic N) is 2. The summed E-state index contributed by atoms with van der Waals surface area (Å²) in [6.45, 7) is 4.17. The van der Waals surface area contributed by atoms with E-state index >= 15 is 0 Å². The third kappa shape index (κ3) is 6.50. The Morgan fingerprint density at radius 2 is 2.15 bits per heavy atom. The van der Waals surface area contributed by atoms with Crippen LogP contribution in [0.2, 0.25) is 5.02 Å². The van der Waals surface area contributed by atoms with Gasteiger partial charge in [-0.05, 0) is 43.5 Å². The first kappa shape index (κ1) is 20.6. The summed E-state index contributed by atoms with van der Waals surface area (Å²) in [5.41, 5.74) is 0.507. The largest absolute Gasteiger partial charge is 0.396 e. The molecule has 27 heavy (non-hydrogen) atoms. The van der Waals surface area contributed by atoms with Crippen LogP contribution in [-0.4, -0.2) is 34.1 Å². The summed E-state index contributed by atoms with van der Waals surface area (Å²) in [4.78, 5) is 19.8. The summed E-state index contributed by atoms with van der Waals surface area (Å²) in [5, 5.41) is 17.6. The second-order valence-corrected chi connectivity index (χ2v) is 6.02. The lowest BCUT2D eigenvalue weighted by Crippen LogP contribution is -2.09. The van der Waals surface area contributed by atoms with Crippen molar-refractivity contribution in [2.45, 2.75) is 19.3 Å². The first-order valence-corrected chi connectivity index (χ1v) is 8.78. The predicted octanol–water partition coefficient (Wildman–Crippen LogP) is 3.71. The highest BCUT2D eigenvalue weighted by Gasteiger charge is 2.09. The summed E-state index contributed by atoms with van der Waals surface area (Å²) in [7, 11) is 0. The van der Waals surface area contributed by atoms with Crippen molar-refractivity contribution in [3.63, 3.8) is 0 Å². The van der Waals surface area contributed by atoms with Gasteiger partial charge in [0.1, 0.15) is 16.7 Å². The number of nitrogens with one attached hydrogen (secondary N) is 3. The summed E-state index contributed by atoms with van der Waals surface area (Å²) in [5.74, 6) is -0.343. The van der Waals surface area contributed by atoms with Gasteiger partial charge in [-0.1, -0.05) is 18.2 Å². The Kier molecular flexibility index (Phi) is 7.97. The average Bonchev–Trinajstić information content (AvgIpc) is 2.66. The fraction of sp³-hybridized carbons (Fsp3) is 0.278. The van der Waals surface area contributed by atoms with Crippen molar-refractivity contribution in [2.75, 3.05) is 29.1 Å². The molecule has 0 aliphatic rings. The first-order valence-electron chi connectivity index (χ1n) is 8.40. The van der Waals surface area contributed by atoms with Crippen LogP contribution in [0.25, 0.3) is 0 Å². The molecule has 0 unspecified atom stereocenters. The molecular formula is C18H21ClFN5O2. The zero-order chi connectivity index (χ0) is 19.6. The van der Waals surface area contributed by atoms with Crippen LogP contribution in [0.5, 0.6) is 0 Å². The van der Waals surface area contributed by atoms with Crippen LogP contribution in [0.3, 0.4) is 0 Å². The normalized spacial score (nSPS) is 10.3. The number of rotatable bonds is 10. The van der Waals surface area contributed by atoms with E-state index in [9.17, 15) is 9.18 Å². The molecule has 7 nitrogen and oxygen atoms in total. The van der Waals surface area contributed by atoms with E-state index in [0.717, 1.165) is 25.3 Å². The Morgan fingerprint density at radius 1 is 1.33 bits per heavy atom. The Hall–Kier alpha value is -2.71. The van der Waals surface area contributed by atoms with Crippen molar-refractivity contribution >= 4 is 40.6 Å². The third-order valence-electron chi connectivity index (χ3n) is 3.54. The van der Waals surface area contributed by atoms with Gasteiger partial charge in [0.05, 0.1) is 11.9 Å². The Balaban J connectivity index is 2.06. The quantitative estimate of drug-likeness (QED) is 0.363. The number of aromatic nitrogens is 2. The smallest absolute Gasteiger partial charge is 0.247 e. The van der Waals surface area contributed by atoms with E-state index in [2.05, 4.69) is 32.5 Å². The second kappa shape index (κ2) is 10.4. The van der Waals surface area contributed by atoms with Crippen molar-refractivity contribution in [1.82, 2.24) is 9.97 Å². The first-order chi connectivity index (χ1) is 13.0. The summed E-state index contributed by atoms with van der Waals surface area (Å²) in [6, 6.07) is 4.15. The molecule has 9 heteroatoms. The molecule has 2 rings (SSSR count). The lowest BCUT2D eigenvalue weighted by atomic mass is 10.2. The van der Waals surface area contributed by atoms with Crippen LogP contribution in [0.4, 0.5) is 27.5 Å². The van der Waals surface area contributed by atoms with Crippen LogP contribution >= 0.6 is 11.6 Å². The van der Waals surface area contributed by atoms with Crippen LogP contribution in [0.15, 0.2) is 37.1 Å². The van der Waals surface area contributed by atoms with E-state index in [4.69, 9.17) is 16.7 Å². The Morgan fingerprint density at radius 3 is 2.89 bits per heavy atom. The van der Waals surface area contributed by atoms with E-state index < -0.39 is 11.7 Å². The number of hydrogen-bond donors (Lipinski definition) is 4. The van der Waals surface area contributed by atoms with Crippen LogP contribution < -0.4 is 16.0 Å².